The van der Waals surface area contributed by atoms with Crippen molar-refractivity contribution in [3.05, 3.63) is 52.3 Å². The van der Waals surface area contributed by atoms with Gasteiger partial charge >= 0.3 is 0 Å². The fourth-order valence-electron chi connectivity index (χ4n) is 1.93. The quantitative estimate of drug-likeness (QED) is 0.723. The predicted molar refractivity (Wildman–Crippen MR) is 91.2 cm³/mol. The van der Waals surface area contributed by atoms with Crippen molar-refractivity contribution in [2.45, 2.75) is 6.92 Å². The van der Waals surface area contributed by atoms with Gasteiger partial charge in [0, 0.05) is 11.3 Å². The Labute approximate surface area is 146 Å². The van der Waals surface area contributed by atoms with Gasteiger partial charge in [-0.3, -0.25) is 9.59 Å². The number of ether oxygens (including phenoxy) is 2. The van der Waals surface area contributed by atoms with Crippen LogP contribution in [0.3, 0.4) is 0 Å². The molecule has 0 bridgehead atoms. The van der Waals surface area contributed by atoms with Gasteiger partial charge in [-0.2, -0.15) is 0 Å². The molecule has 5 nitrogen and oxygen atoms in total. The van der Waals surface area contributed by atoms with Crippen LogP contribution in [-0.2, 0) is 4.79 Å². The lowest BCUT2D eigenvalue weighted by Crippen LogP contribution is -2.20. The molecule has 0 atom stereocenters. The molecular weight excluding hydrogens is 381 g/mol. The van der Waals surface area contributed by atoms with Gasteiger partial charge in [-0.05, 0) is 59.3 Å². The van der Waals surface area contributed by atoms with E-state index in [-0.39, 0.29) is 12.4 Å². The van der Waals surface area contributed by atoms with Gasteiger partial charge in [-0.15, -0.1) is 0 Å². The van der Waals surface area contributed by atoms with Gasteiger partial charge in [-0.25, -0.2) is 4.39 Å². The summed E-state index contributed by atoms with van der Waals surface area (Å²) < 4.78 is 24.3. The van der Waals surface area contributed by atoms with Crippen molar-refractivity contribution < 1.29 is 23.5 Å². The number of anilines is 1. The molecule has 2 rings (SSSR count). The summed E-state index contributed by atoms with van der Waals surface area (Å²) in [6, 6.07) is 8.51. The van der Waals surface area contributed by atoms with Crippen LogP contribution in [0.2, 0.25) is 0 Å². The Bertz CT molecular complexity index is 734. The minimum Gasteiger partial charge on any atom is -0.490 e. The molecule has 7 heteroatoms. The van der Waals surface area contributed by atoms with E-state index in [0.29, 0.717) is 40.1 Å². The number of rotatable bonds is 7. The second kappa shape index (κ2) is 8.44. The Morgan fingerprint density at radius 1 is 1.25 bits per heavy atom. The smallest absolute Gasteiger partial charge is 0.262 e. The molecule has 2 aromatic carbocycles. The SMILES string of the molecule is CCOc1cc(C=O)cc(Br)c1OCC(=O)Nc1ccc(F)cc1. The van der Waals surface area contributed by atoms with E-state index in [1.165, 1.54) is 30.3 Å². The molecule has 0 fully saturated rings. The number of amides is 1. The maximum atomic E-state index is 12.8. The molecular formula is C17H15BrFNO4. The summed E-state index contributed by atoms with van der Waals surface area (Å²) in [6.45, 7) is 1.91. The summed E-state index contributed by atoms with van der Waals surface area (Å²) in [5.74, 6) is -0.0968. The number of hydrogen-bond acceptors (Lipinski definition) is 4. The largest absolute Gasteiger partial charge is 0.490 e. The second-order valence-electron chi connectivity index (χ2n) is 4.72. The molecule has 0 aliphatic carbocycles. The lowest BCUT2D eigenvalue weighted by Gasteiger charge is -2.14. The zero-order chi connectivity index (χ0) is 17.5. The summed E-state index contributed by atoms with van der Waals surface area (Å²) in [5.41, 5.74) is 0.888. The van der Waals surface area contributed by atoms with Crippen LogP contribution in [0.5, 0.6) is 11.5 Å². The van der Waals surface area contributed by atoms with Crippen LogP contribution < -0.4 is 14.8 Å². The molecule has 0 aromatic heterocycles. The Balaban J connectivity index is 2.06. The van der Waals surface area contributed by atoms with Crippen molar-refractivity contribution in [1.29, 1.82) is 0 Å². The molecule has 2 aromatic rings. The highest BCUT2D eigenvalue weighted by Crippen LogP contribution is 2.36. The highest BCUT2D eigenvalue weighted by molar-refractivity contribution is 9.10. The molecule has 1 N–H and O–H groups in total. The first-order valence-electron chi connectivity index (χ1n) is 7.13. The lowest BCUT2D eigenvalue weighted by molar-refractivity contribution is -0.118. The minimum absolute atomic E-state index is 0.267. The molecule has 0 spiro atoms. The Kier molecular flexibility index (Phi) is 6.31. The third kappa shape index (κ3) is 4.79. The topological polar surface area (TPSA) is 64.6 Å². The molecule has 1 amide bonds. The number of carbonyl (C=O) groups excluding carboxylic acids is 2. The monoisotopic (exact) mass is 395 g/mol. The lowest BCUT2D eigenvalue weighted by atomic mass is 10.2. The minimum atomic E-state index is -0.407. The molecule has 0 radical (unpaired) electrons. The van der Waals surface area contributed by atoms with Crippen molar-refractivity contribution in [2.75, 3.05) is 18.5 Å². The number of carbonyl (C=O) groups is 2. The summed E-state index contributed by atoms with van der Waals surface area (Å²) >= 11 is 3.30. The standard InChI is InChI=1S/C17H15BrFNO4/c1-2-23-15-8-11(9-21)7-14(18)17(15)24-10-16(22)20-13-5-3-12(19)4-6-13/h3-9H,2,10H2,1H3,(H,20,22). The van der Waals surface area contributed by atoms with Crippen molar-refractivity contribution in [3.63, 3.8) is 0 Å². The van der Waals surface area contributed by atoms with E-state index in [4.69, 9.17) is 9.47 Å². The Hall–Kier alpha value is -2.41. The molecule has 0 aliphatic rings. The van der Waals surface area contributed by atoms with E-state index in [1.807, 2.05) is 0 Å². The average molecular weight is 396 g/mol. The first-order valence-corrected chi connectivity index (χ1v) is 7.92. The van der Waals surface area contributed by atoms with Crippen molar-refractivity contribution >= 4 is 33.8 Å². The Morgan fingerprint density at radius 3 is 2.58 bits per heavy atom. The van der Waals surface area contributed by atoms with Gasteiger partial charge in [0.15, 0.2) is 18.1 Å². The number of benzene rings is 2. The van der Waals surface area contributed by atoms with Gasteiger partial charge in [0.25, 0.3) is 5.91 Å². The normalized spacial score (nSPS) is 10.1. The van der Waals surface area contributed by atoms with Crippen molar-refractivity contribution in [3.8, 4) is 11.5 Å². The fraction of sp³-hybridized carbons (Fsp3) is 0.176. The molecule has 0 saturated carbocycles. The van der Waals surface area contributed by atoms with Crippen LogP contribution in [0.1, 0.15) is 17.3 Å². The van der Waals surface area contributed by atoms with E-state index in [0.717, 1.165) is 0 Å². The molecule has 0 aliphatic heterocycles. The number of nitrogens with one attached hydrogen (secondary N) is 1. The Morgan fingerprint density at radius 2 is 1.96 bits per heavy atom. The van der Waals surface area contributed by atoms with Crippen LogP contribution in [-0.4, -0.2) is 25.4 Å². The van der Waals surface area contributed by atoms with Gasteiger partial charge in [0.1, 0.15) is 12.1 Å². The van der Waals surface area contributed by atoms with Crippen LogP contribution in [0.4, 0.5) is 10.1 Å². The maximum absolute atomic E-state index is 12.8. The zero-order valence-corrected chi connectivity index (χ0v) is 14.4. The summed E-state index contributed by atoms with van der Waals surface area (Å²) in [5, 5.41) is 2.59. The average Bonchev–Trinajstić information content (AvgIpc) is 2.56. The van der Waals surface area contributed by atoms with E-state index < -0.39 is 5.91 Å². The third-order valence-corrected chi connectivity index (χ3v) is 3.53. The van der Waals surface area contributed by atoms with Crippen molar-refractivity contribution in [2.24, 2.45) is 0 Å². The highest BCUT2D eigenvalue weighted by atomic mass is 79.9. The van der Waals surface area contributed by atoms with Crippen molar-refractivity contribution in [1.82, 2.24) is 0 Å². The maximum Gasteiger partial charge on any atom is 0.262 e. The molecule has 0 saturated heterocycles. The highest BCUT2D eigenvalue weighted by Gasteiger charge is 2.14. The van der Waals surface area contributed by atoms with Crippen LogP contribution in [0.15, 0.2) is 40.9 Å². The number of halogens is 2. The number of aldehydes is 1. The predicted octanol–water partition coefficient (Wildman–Crippen LogP) is 3.82. The van der Waals surface area contributed by atoms with Gasteiger partial charge < -0.3 is 14.8 Å². The summed E-state index contributed by atoms with van der Waals surface area (Å²) in [4.78, 5) is 22.8. The second-order valence-corrected chi connectivity index (χ2v) is 5.58. The first kappa shape index (κ1) is 17.9. The van der Waals surface area contributed by atoms with Crippen LogP contribution in [0, 0.1) is 5.82 Å². The van der Waals surface area contributed by atoms with E-state index in [9.17, 15) is 14.0 Å². The van der Waals surface area contributed by atoms with Crippen LogP contribution >= 0.6 is 15.9 Å². The third-order valence-electron chi connectivity index (χ3n) is 2.94. The zero-order valence-electron chi connectivity index (χ0n) is 12.8. The molecule has 126 valence electrons. The summed E-state index contributed by atoms with van der Waals surface area (Å²) in [6.07, 6.45) is 0.693. The summed E-state index contributed by atoms with van der Waals surface area (Å²) in [7, 11) is 0. The van der Waals surface area contributed by atoms with E-state index >= 15 is 0 Å². The van der Waals surface area contributed by atoms with Gasteiger partial charge in [0.2, 0.25) is 0 Å². The van der Waals surface area contributed by atoms with E-state index in [1.54, 1.807) is 13.0 Å². The molecule has 0 heterocycles. The molecule has 0 unspecified atom stereocenters. The first-order chi connectivity index (χ1) is 11.5. The van der Waals surface area contributed by atoms with Gasteiger partial charge in [0.05, 0.1) is 11.1 Å². The fourth-order valence-corrected chi connectivity index (χ4v) is 2.50. The van der Waals surface area contributed by atoms with Crippen LogP contribution in [0.25, 0.3) is 0 Å². The van der Waals surface area contributed by atoms with E-state index in [2.05, 4.69) is 21.2 Å². The van der Waals surface area contributed by atoms with Gasteiger partial charge in [-0.1, -0.05) is 0 Å². The molecule has 24 heavy (non-hydrogen) atoms. The number of hydrogen-bond donors (Lipinski definition) is 1.